The van der Waals surface area contributed by atoms with Crippen molar-refractivity contribution in [3.8, 4) is 16.9 Å². The normalized spacial score (nSPS) is 17.6. The summed E-state index contributed by atoms with van der Waals surface area (Å²) < 4.78 is 27.5. The van der Waals surface area contributed by atoms with Crippen molar-refractivity contribution in [1.82, 2.24) is 5.32 Å². The molecule has 1 aliphatic carbocycles. The minimum atomic E-state index is -0.328. The highest BCUT2D eigenvalue weighted by atomic mass is 35.5. The van der Waals surface area contributed by atoms with Gasteiger partial charge in [-0.2, -0.15) is 0 Å². The Labute approximate surface area is 221 Å². The average Bonchev–Trinajstić information content (AvgIpc) is 2.86. The molecule has 0 atom stereocenters. The molecule has 3 aromatic carbocycles. The lowest BCUT2D eigenvalue weighted by atomic mass is 9.94. The van der Waals surface area contributed by atoms with Crippen molar-refractivity contribution in [2.24, 2.45) is 0 Å². The van der Waals surface area contributed by atoms with Crippen molar-refractivity contribution < 1.29 is 18.7 Å². The second-order valence-corrected chi connectivity index (χ2v) is 9.87. The van der Waals surface area contributed by atoms with Gasteiger partial charge in [0.05, 0.1) is 18.8 Å². The van der Waals surface area contributed by atoms with E-state index in [1.807, 2.05) is 54.6 Å². The van der Waals surface area contributed by atoms with Gasteiger partial charge in [0, 0.05) is 35.1 Å². The summed E-state index contributed by atoms with van der Waals surface area (Å²) in [7, 11) is 0. The molecule has 1 N–H and O–H groups in total. The van der Waals surface area contributed by atoms with E-state index in [9.17, 15) is 4.79 Å². The maximum Gasteiger partial charge on any atom is 0.216 e. The molecule has 7 heteroatoms. The van der Waals surface area contributed by atoms with Gasteiger partial charge in [-0.15, -0.1) is 0 Å². The predicted octanol–water partition coefficient (Wildman–Crippen LogP) is 7.38. The van der Waals surface area contributed by atoms with Crippen LogP contribution in [0.1, 0.15) is 43.7 Å². The SMILES string of the molecule is CC(=O)NCCc1c(F)cc(OC2CCC(OCc3c(Cl)cccc3Cl)CC2)cc1-c1ccccc1. The number of halogens is 3. The summed E-state index contributed by atoms with van der Waals surface area (Å²) in [5.41, 5.74) is 3.07. The van der Waals surface area contributed by atoms with Crippen molar-refractivity contribution in [2.75, 3.05) is 6.54 Å². The van der Waals surface area contributed by atoms with Crippen LogP contribution in [0.2, 0.25) is 10.0 Å². The molecule has 0 bridgehead atoms. The standard InChI is InChI=1S/C29H30Cl2FNO3/c1-19(34)33-15-14-24-25(20-6-3-2-4-7-20)16-23(17-29(24)32)36-22-12-10-21(11-13-22)35-18-26-27(30)8-5-9-28(26)31/h2-9,16-17,21-22H,10-15,18H2,1H3,(H,33,34). The molecule has 36 heavy (non-hydrogen) atoms. The minimum absolute atomic E-state index is 0.0120. The number of rotatable bonds is 9. The van der Waals surface area contributed by atoms with E-state index in [1.165, 1.54) is 13.0 Å². The quantitative estimate of drug-likeness (QED) is 0.314. The third-order valence-corrected chi connectivity index (χ3v) is 7.16. The fraction of sp³-hybridized carbons (Fsp3) is 0.345. The average molecular weight is 530 g/mol. The first-order chi connectivity index (χ1) is 17.4. The van der Waals surface area contributed by atoms with Crippen LogP contribution in [0.4, 0.5) is 4.39 Å². The lowest BCUT2D eigenvalue weighted by Crippen LogP contribution is -2.28. The summed E-state index contributed by atoms with van der Waals surface area (Å²) >= 11 is 12.5. The molecule has 0 saturated heterocycles. The molecule has 0 radical (unpaired) electrons. The van der Waals surface area contributed by atoms with Crippen LogP contribution in [0.25, 0.3) is 11.1 Å². The Morgan fingerprint density at radius 1 is 0.944 bits per heavy atom. The highest BCUT2D eigenvalue weighted by Gasteiger charge is 2.24. The molecule has 4 nitrogen and oxygen atoms in total. The molecule has 190 valence electrons. The van der Waals surface area contributed by atoms with Crippen LogP contribution < -0.4 is 10.1 Å². The number of carbonyl (C=O) groups is 1. The van der Waals surface area contributed by atoms with Crippen LogP contribution in [0.3, 0.4) is 0 Å². The van der Waals surface area contributed by atoms with Crippen molar-refractivity contribution in [3.05, 3.63) is 87.7 Å². The van der Waals surface area contributed by atoms with E-state index in [-0.39, 0.29) is 23.9 Å². The van der Waals surface area contributed by atoms with Gasteiger partial charge in [0.25, 0.3) is 0 Å². The summed E-state index contributed by atoms with van der Waals surface area (Å²) in [4.78, 5) is 11.3. The van der Waals surface area contributed by atoms with Gasteiger partial charge in [-0.3, -0.25) is 4.79 Å². The smallest absolute Gasteiger partial charge is 0.216 e. The molecule has 4 rings (SSSR count). The molecule has 3 aromatic rings. The van der Waals surface area contributed by atoms with E-state index in [1.54, 1.807) is 0 Å². The number of hydrogen-bond donors (Lipinski definition) is 1. The van der Waals surface area contributed by atoms with Crippen molar-refractivity contribution >= 4 is 29.1 Å². The number of amides is 1. The number of carbonyl (C=O) groups excluding carboxylic acids is 1. The highest BCUT2D eigenvalue weighted by Crippen LogP contribution is 2.34. The second-order valence-electron chi connectivity index (χ2n) is 9.06. The van der Waals surface area contributed by atoms with Gasteiger partial charge in [0.15, 0.2) is 0 Å². The van der Waals surface area contributed by atoms with Crippen molar-refractivity contribution in [3.63, 3.8) is 0 Å². The highest BCUT2D eigenvalue weighted by molar-refractivity contribution is 6.35. The van der Waals surface area contributed by atoms with Gasteiger partial charge in [-0.05, 0) is 67.0 Å². The van der Waals surface area contributed by atoms with Gasteiger partial charge in [-0.25, -0.2) is 4.39 Å². The number of hydrogen-bond acceptors (Lipinski definition) is 3. The van der Waals surface area contributed by atoms with Gasteiger partial charge in [0.2, 0.25) is 5.91 Å². The molecule has 1 aliphatic rings. The van der Waals surface area contributed by atoms with Gasteiger partial charge >= 0.3 is 0 Å². The molecular formula is C29H30Cl2FNO3. The van der Waals surface area contributed by atoms with Crippen LogP contribution in [-0.4, -0.2) is 24.7 Å². The van der Waals surface area contributed by atoms with Crippen LogP contribution >= 0.6 is 23.2 Å². The summed E-state index contributed by atoms with van der Waals surface area (Å²) in [6.45, 7) is 2.20. The van der Waals surface area contributed by atoms with E-state index in [2.05, 4.69) is 5.32 Å². The van der Waals surface area contributed by atoms with Gasteiger partial charge in [0.1, 0.15) is 11.6 Å². The fourth-order valence-corrected chi connectivity index (χ4v) is 5.06. The Hall–Kier alpha value is -2.60. The second kappa shape index (κ2) is 12.6. The van der Waals surface area contributed by atoms with Gasteiger partial charge in [-0.1, -0.05) is 59.6 Å². The van der Waals surface area contributed by atoms with E-state index in [0.29, 0.717) is 40.9 Å². The Kier molecular flexibility index (Phi) is 9.24. The van der Waals surface area contributed by atoms with Crippen molar-refractivity contribution in [1.29, 1.82) is 0 Å². The first-order valence-electron chi connectivity index (χ1n) is 12.2. The maximum absolute atomic E-state index is 15.2. The van der Waals surface area contributed by atoms with E-state index in [4.69, 9.17) is 32.7 Å². The topological polar surface area (TPSA) is 47.6 Å². The summed E-state index contributed by atoms with van der Waals surface area (Å²) in [6.07, 6.45) is 3.80. The molecule has 1 amide bonds. The third kappa shape index (κ3) is 7.00. The van der Waals surface area contributed by atoms with Crippen LogP contribution in [-0.2, 0) is 22.6 Å². The summed E-state index contributed by atoms with van der Waals surface area (Å²) in [5.74, 6) is 0.0540. The van der Waals surface area contributed by atoms with Crippen LogP contribution in [0.5, 0.6) is 5.75 Å². The number of nitrogens with one attached hydrogen (secondary N) is 1. The Morgan fingerprint density at radius 3 is 2.28 bits per heavy atom. The number of ether oxygens (including phenoxy) is 2. The Bertz CT molecular complexity index is 1160. The van der Waals surface area contributed by atoms with Gasteiger partial charge < -0.3 is 14.8 Å². The third-order valence-electron chi connectivity index (χ3n) is 6.45. The summed E-state index contributed by atoms with van der Waals surface area (Å²) in [6, 6.07) is 18.5. The summed E-state index contributed by atoms with van der Waals surface area (Å²) in [5, 5.41) is 3.96. The zero-order valence-electron chi connectivity index (χ0n) is 20.2. The zero-order chi connectivity index (χ0) is 25.5. The first-order valence-corrected chi connectivity index (χ1v) is 13.0. The zero-order valence-corrected chi connectivity index (χ0v) is 21.7. The lowest BCUT2D eigenvalue weighted by Gasteiger charge is -2.29. The Balaban J connectivity index is 1.40. The molecule has 0 aliphatic heterocycles. The van der Waals surface area contributed by atoms with Crippen molar-refractivity contribution in [2.45, 2.75) is 57.8 Å². The molecule has 0 spiro atoms. The minimum Gasteiger partial charge on any atom is -0.490 e. The molecule has 0 aromatic heterocycles. The van der Waals surface area contributed by atoms with Crippen LogP contribution in [0.15, 0.2) is 60.7 Å². The molecule has 1 fully saturated rings. The van der Waals surface area contributed by atoms with E-state index in [0.717, 1.165) is 42.4 Å². The largest absolute Gasteiger partial charge is 0.490 e. The molecule has 0 unspecified atom stereocenters. The predicted molar refractivity (Wildman–Crippen MR) is 142 cm³/mol. The lowest BCUT2D eigenvalue weighted by molar-refractivity contribution is -0.118. The van der Waals surface area contributed by atoms with E-state index < -0.39 is 0 Å². The van der Waals surface area contributed by atoms with Crippen LogP contribution in [0, 0.1) is 5.82 Å². The molecular weight excluding hydrogens is 500 g/mol. The number of benzene rings is 3. The maximum atomic E-state index is 15.2. The Morgan fingerprint density at radius 2 is 1.61 bits per heavy atom. The van der Waals surface area contributed by atoms with E-state index >= 15 is 4.39 Å². The molecule has 1 saturated carbocycles. The fourth-order valence-electron chi connectivity index (χ4n) is 4.55. The molecule has 0 heterocycles. The first kappa shape index (κ1) is 26.5. The monoisotopic (exact) mass is 529 g/mol.